The number of unbranched alkanes of at least 4 members (excludes halogenated alkanes) is 2. The zero-order chi connectivity index (χ0) is 37.4. The van der Waals surface area contributed by atoms with Gasteiger partial charge in [-0.3, -0.25) is 9.97 Å². The molecule has 7 heteroatoms. The van der Waals surface area contributed by atoms with Gasteiger partial charge in [0.25, 0.3) is 0 Å². The summed E-state index contributed by atoms with van der Waals surface area (Å²) >= 11 is 3.90. The third-order valence-electron chi connectivity index (χ3n) is 14.1. The van der Waals surface area contributed by atoms with Crippen LogP contribution in [0.3, 0.4) is 0 Å². The van der Waals surface area contributed by atoms with Gasteiger partial charge in [-0.25, -0.2) is 0 Å². The summed E-state index contributed by atoms with van der Waals surface area (Å²) in [4.78, 5) is 14.3. The molecule has 5 aliphatic rings. The van der Waals surface area contributed by atoms with Crippen molar-refractivity contribution in [2.75, 3.05) is 20.3 Å². The normalized spacial score (nSPS) is 25.2. The van der Waals surface area contributed by atoms with Crippen LogP contribution in [0.2, 0.25) is 0 Å². The van der Waals surface area contributed by atoms with Crippen LogP contribution in [0.1, 0.15) is 154 Å². The highest BCUT2D eigenvalue weighted by Crippen LogP contribution is 2.52. The summed E-state index contributed by atoms with van der Waals surface area (Å²) in [7, 11) is 1.77. The van der Waals surface area contributed by atoms with Crippen molar-refractivity contribution in [3.8, 4) is 5.75 Å². The SMILES string of the molecule is COc1ccsc1CCCC[C@@]1(c2ccccn2)CCOC2(CCCC2)C1.c1ccc([C@]2(CCCCc3cc4c(s3)CCC4)CCOC3(CCCC3)C2)nc1. The Morgan fingerprint density at radius 1 is 0.673 bits per heavy atom. The Balaban J connectivity index is 0.000000155. The number of nitrogens with zero attached hydrogens (tertiary/aromatic N) is 2. The Morgan fingerprint density at radius 2 is 1.27 bits per heavy atom. The van der Waals surface area contributed by atoms with Gasteiger partial charge in [0.15, 0.2) is 0 Å². The Morgan fingerprint density at radius 3 is 1.82 bits per heavy atom. The number of thiophene rings is 2. The van der Waals surface area contributed by atoms with E-state index >= 15 is 0 Å². The molecule has 0 N–H and O–H groups in total. The highest BCUT2D eigenvalue weighted by atomic mass is 32.1. The summed E-state index contributed by atoms with van der Waals surface area (Å²) in [5.41, 5.74) is 4.92. The number of methoxy groups -OCH3 is 1. The van der Waals surface area contributed by atoms with E-state index in [9.17, 15) is 0 Å². The minimum atomic E-state index is 0.118. The minimum Gasteiger partial charge on any atom is -0.496 e. The van der Waals surface area contributed by atoms with Gasteiger partial charge >= 0.3 is 0 Å². The van der Waals surface area contributed by atoms with Crippen LogP contribution in [-0.2, 0) is 46.0 Å². The molecule has 9 rings (SSSR count). The second-order valence-electron chi connectivity index (χ2n) is 17.7. The van der Waals surface area contributed by atoms with Gasteiger partial charge in [-0.15, -0.1) is 22.7 Å². The average molecular weight is 781 g/mol. The van der Waals surface area contributed by atoms with Crippen LogP contribution in [0.15, 0.2) is 66.3 Å². The highest BCUT2D eigenvalue weighted by Gasteiger charge is 2.49. The van der Waals surface area contributed by atoms with E-state index in [0.717, 1.165) is 44.6 Å². The van der Waals surface area contributed by atoms with Crippen LogP contribution in [0.25, 0.3) is 0 Å². The molecule has 4 fully saturated rings. The van der Waals surface area contributed by atoms with Crippen molar-refractivity contribution in [3.63, 3.8) is 0 Å². The van der Waals surface area contributed by atoms with Gasteiger partial charge in [0.2, 0.25) is 0 Å². The van der Waals surface area contributed by atoms with Gasteiger partial charge in [0.1, 0.15) is 5.75 Å². The Bertz CT molecular complexity index is 1760. The third kappa shape index (κ3) is 9.11. The van der Waals surface area contributed by atoms with E-state index in [0.29, 0.717) is 0 Å². The van der Waals surface area contributed by atoms with E-state index in [4.69, 9.17) is 24.2 Å². The molecule has 296 valence electrons. The van der Waals surface area contributed by atoms with Crippen molar-refractivity contribution >= 4 is 22.7 Å². The molecule has 5 nitrogen and oxygen atoms in total. The van der Waals surface area contributed by atoms with Crippen LogP contribution in [0.5, 0.6) is 5.75 Å². The number of hydrogen-bond donors (Lipinski definition) is 0. The smallest absolute Gasteiger partial charge is 0.132 e. The van der Waals surface area contributed by atoms with Gasteiger partial charge in [0.05, 0.1) is 18.3 Å². The van der Waals surface area contributed by atoms with Gasteiger partial charge in [-0.05, 0) is 156 Å². The van der Waals surface area contributed by atoms with Crippen molar-refractivity contribution in [1.29, 1.82) is 0 Å². The molecule has 3 aliphatic carbocycles. The lowest BCUT2D eigenvalue weighted by molar-refractivity contribution is -0.105. The van der Waals surface area contributed by atoms with Crippen molar-refractivity contribution in [2.24, 2.45) is 0 Å². The Hall–Kier alpha value is -2.58. The second-order valence-corrected chi connectivity index (χ2v) is 19.9. The summed E-state index contributed by atoms with van der Waals surface area (Å²) in [6.45, 7) is 1.80. The van der Waals surface area contributed by atoms with E-state index < -0.39 is 0 Å². The zero-order valence-corrected chi connectivity index (χ0v) is 35.1. The topological polar surface area (TPSA) is 53.5 Å². The molecule has 2 aliphatic heterocycles. The number of ether oxygens (including phenoxy) is 3. The lowest BCUT2D eigenvalue weighted by Gasteiger charge is -2.46. The zero-order valence-electron chi connectivity index (χ0n) is 33.5. The average Bonchev–Trinajstić information content (AvgIpc) is 4.08. The molecule has 2 saturated carbocycles. The van der Waals surface area contributed by atoms with Gasteiger partial charge in [-0.2, -0.15) is 0 Å². The van der Waals surface area contributed by atoms with Gasteiger partial charge in [0, 0.05) is 62.5 Å². The van der Waals surface area contributed by atoms with Crippen LogP contribution < -0.4 is 4.74 Å². The molecule has 6 heterocycles. The quantitative estimate of drug-likeness (QED) is 0.126. The fraction of sp³-hybridized carbons (Fsp3) is 0.625. The van der Waals surface area contributed by atoms with Crippen molar-refractivity contribution in [2.45, 2.75) is 170 Å². The largest absolute Gasteiger partial charge is 0.496 e. The second kappa shape index (κ2) is 17.9. The first kappa shape index (κ1) is 39.3. The fourth-order valence-electron chi connectivity index (χ4n) is 11.3. The number of aryl methyl sites for hydroxylation is 4. The van der Waals surface area contributed by atoms with Crippen molar-refractivity contribution in [1.82, 2.24) is 9.97 Å². The maximum absolute atomic E-state index is 6.39. The molecule has 0 unspecified atom stereocenters. The number of aromatic nitrogens is 2. The fourth-order valence-corrected chi connectivity index (χ4v) is 13.5. The molecule has 2 saturated heterocycles. The number of pyridine rings is 2. The van der Waals surface area contributed by atoms with Crippen molar-refractivity contribution < 1.29 is 14.2 Å². The Labute approximate surface area is 339 Å². The molecule has 0 aromatic carbocycles. The maximum atomic E-state index is 6.39. The summed E-state index contributed by atoms with van der Waals surface area (Å²) in [6.07, 6.45) is 32.7. The molecular weight excluding hydrogens is 717 g/mol. The first-order chi connectivity index (χ1) is 27.0. The maximum Gasteiger partial charge on any atom is 0.132 e. The van der Waals surface area contributed by atoms with Crippen molar-refractivity contribution in [3.05, 3.63) is 97.9 Å². The van der Waals surface area contributed by atoms with Crippen LogP contribution >= 0.6 is 22.7 Å². The monoisotopic (exact) mass is 780 g/mol. The highest BCUT2D eigenvalue weighted by molar-refractivity contribution is 7.12. The number of rotatable bonds is 13. The molecule has 55 heavy (non-hydrogen) atoms. The number of fused-ring (bicyclic) bond motifs is 1. The number of hydrogen-bond acceptors (Lipinski definition) is 7. The van der Waals surface area contributed by atoms with Crippen LogP contribution in [0, 0.1) is 0 Å². The summed E-state index contributed by atoms with van der Waals surface area (Å²) in [6, 6.07) is 17.5. The Kier molecular flexibility index (Phi) is 12.8. The van der Waals surface area contributed by atoms with Gasteiger partial charge < -0.3 is 14.2 Å². The van der Waals surface area contributed by atoms with E-state index in [1.165, 1.54) is 138 Å². The first-order valence-corrected chi connectivity index (χ1v) is 23.5. The first-order valence-electron chi connectivity index (χ1n) is 21.8. The minimum absolute atomic E-state index is 0.118. The van der Waals surface area contributed by atoms with E-state index in [1.807, 2.05) is 29.8 Å². The van der Waals surface area contributed by atoms with Gasteiger partial charge in [-0.1, -0.05) is 50.7 Å². The van der Waals surface area contributed by atoms with E-state index in [1.54, 1.807) is 22.4 Å². The standard InChI is InChI=1S/C25H33NOS.C23H31NO2S/c1(9-21-18-20-8-7-10-22(20)28-21)3-12-24(23-11-2-6-16-26-23)15-17-27-25(19-24)13-4-5-14-25;1-25-19-10-17-27-20(19)8-2-4-11-22(21-9-3-7-15-24-21)14-16-26-23(18-22)12-5-6-13-23/h2,6,11,16,18H,1,3-5,7-10,12-15,17,19H2;3,7,9-10,15,17H,2,4-6,8,11-14,16,18H2,1H3/t24-;22-/m11/s1. The predicted molar refractivity (Wildman–Crippen MR) is 227 cm³/mol. The molecule has 0 amide bonds. The molecule has 2 spiro atoms. The molecule has 0 bridgehead atoms. The van der Waals surface area contributed by atoms with Crippen LogP contribution in [-0.4, -0.2) is 41.5 Å². The predicted octanol–water partition coefficient (Wildman–Crippen LogP) is 12.3. The lowest BCUT2D eigenvalue weighted by atomic mass is 9.67. The van der Waals surface area contributed by atoms with E-state index in [-0.39, 0.29) is 22.0 Å². The van der Waals surface area contributed by atoms with E-state index in [2.05, 4.69) is 59.2 Å². The molecular formula is C48H64N2O3S2. The molecule has 0 radical (unpaired) electrons. The molecule has 4 aromatic rings. The summed E-state index contributed by atoms with van der Waals surface area (Å²) in [5.74, 6) is 1.05. The molecule has 2 atom stereocenters. The summed E-state index contributed by atoms with van der Waals surface area (Å²) in [5, 5.41) is 2.13. The third-order valence-corrected chi connectivity index (χ3v) is 16.4. The molecule has 4 aromatic heterocycles. The summed E-state index contributed by atoms with van der Waals surface area (Å²) < 4.78 is 18.2. The lowest BCUT2D eigenvalue weighted by Crippen LogP contribution is -2.46. The van der Waals surface area contributed by atoms with Crippen LogP contribution in [0.4, 0.5) is 0 Å².